The summed E-state index contributed by atoms with van der Waals surface area (Å²) in [5, 5.41) is -1.16. The SMILES string of the molecule is O=c1nc(S(=O)(=O)Oc2ccccc2)c2c(=O)nc(-c3ccccc3)c1=2. The summed E-state index contributed by atoms with van der Waals surface area (Å²) in [5.41, 5.74) is -1.02. The van der Waals surface area contributed by atoms with E-state index in [0.29, 0.717) is 5.56 Å². The molecule has 4 rings (SSSR count). The first-order chi connectivity index (χ1) is 12.5. The van der Waals surface area contributed by atoms with Gasteiger partial charge in [-0.3, -0.25) is 9.59 Å². The summed E-state index contributed by atoms with van der Waals surface area (Å²) in [6.45, 7) is 0. The van der Waals surface area contributed by atoms with E-state index in [9.17, 15) is 18.0 Å². The molecule has 2 aromatic rings. The van der Waals surface area contributed by atoms with Crippen molar-refractivity contribution in [3.05, 3.63) is 91.8 Å². The normalized spacial score (nSPS) is 11.7. The molecule has 0 atom stereocenters. The van der Waals surface area contributed by atoms with Crippen LogP contribution in [-0.4, -0.2) is 18.4 Å². The number of nitrogens with zero attached hydrogens (tertiary/aromatic N) is 2. The Labute approximate surface area is 147 Å². The fraction of sp³-hybridized carbons (Fsp3) is 0. The lowest BCUT2D eigenvalue weighted by Gasteiger charge is -2.03. The quantitative estimate of drug-likeness (QED) is 0.500. The van der Waals surface area contributed by atoms with Crippen LogP contribution in [0.5, 0.6) is 5.75 Å². The van der Waals surface area contributed by atoms with Crippen LogP contribution in [0.4, 0.5) is 0 Å². The third kappa shape index (κ3) is 2.56. The number of para-hydroxylation sites is 1. The highest BCUT2D eigenvalue weighted by Crippen LogP contribution is 2.21. The summed E-state index contributed by atoms with van der Waals surface area (Å²) < 4.78 is 30.1. The summed E-state index contributed by atoms with van der Waals surface area (Å²) in [6, 6.07) is 16.3. The Hall–Kier alpha value is -3.39. The molecule has 7 nitrogen and oxygen atoms in total. The van der Waals surface area contributed by atoms with E-state index < -0.39 is 26.3 Å². The van der Waals surface area contributed by atoms with Gasteiger partial charge in [0, 0.05) is 5.56 Å². The highest BCUT2D eigenvalue weighted by molar-refractivity contribution is 7.87. The van der Waals surface area contributed by atoms with Gasteiger partial charge in [0.15, 0.2) is 0 Å². The van der Waals surface area contributed by atoms with E-state index in [2.05, 4.69) is 9.97 Å². The highest BCUT2D eigenvalue weighted by atomic mass is 32.2. The molecular formula is C18H10N2O5S. The van der Waals surface area contributed by atoms with E-state index in [1.807, 2.05) is 0 Å². The maximum Gasteiger partial charge on any atom is 0.357 e. The molecule has 0 radical (unpaired) electrons. The van der Waals surface area contributed by atoms with E-state index in [1.165, 1.54) is 12.1 Å². The minimum atomic E-state index is -4.46. The molecule has 0 saturated carbocycles. The van der Waals surface area contributed by atoms with Gasteiger partial charge in [0.1, 0.15) is 5.75 Å². The molecule has 26 heavy (non-hydrogen) atoms. The summed E-state index contributed by atoms with van der Waals surface area (Å²) >= 11 is 0. The van der Waals surface area contributed by atoms with Gasteiger partial charge in [-0.15, -0.1) is 0 Å². The maximum absolute atomic E-state index is 12.5. The average molecular weight is 366 g/mol. The molecule has 0 bridgehead atoms. The summed E-state index contributed by atoms with van der Waals surface area (Å²) in [6.07, 6.45) is 0. The molecule has 0 saturated heterocycles. The zero-order chi connectivity index (χ0) is 18.3. The van der Waals surface area contributed by atoms with Crippen LogP contribution < -0.4 is 15.3 Å². The second-order valence-corrected chi connectivity index (χ2v) is 6.92. The Balaban J connectivity index is 1.95. The minimum absolute atomic E-state index is 0.0475. The predicted molar refractivity (Wildman–Crippen MR) is 91.9 cm³/mol. The fourth-order valence-corrected chi connectivity index (χ4v) is 3.75. The van der Waals surface area contributed by atoms with Crippen LogP contribution in [0.15, 0.2) is 75.3 Å². The molecule has 0 fully saturated rings. The van der Waals surface area contributed by atoms with Gasteiger partial charge in [-0.05, 0) is 12.1 Å². The Morgan fingerprint density at radius 2 is 1.31 bits per heavy atom. The second-order valence-electron chi connectivity index (χ2n) is 5.45. The zero-order valence-corrected chi connectivity index (χ0v) is 13.9. The Kier molecular flexibility index (Phi) is 3.62. The lowest BCUT2D eigenvalue weighted by atomic mass is 10.1. The van der Waals surface area contributed by atoms with Gasteiger partial charge in [0.25, 0.3) is 11.1 Å². The van der Waals surface area contributed by atoms with Gasteiger partial charge in [-0.2, -0.15) is 13.4 Å². The van der Waals surface area contributed by atoms with E-state index in [-0.39, 0.29) is 21.9 Å². The molecule has 2 heterocycles. The second kappa shape index (κ2) is 5.85. The lowest BCUT2D eigenvalue weighted by molar-refractivity contribution is 0.482. The number of benzene rings is 2. The van der Waals surface area contributed by atoms with Gasteiger partial charge < -0.3 is 4.18 Å². The molecular weight excluding hydrogens is 356 g/mol. The van der Waals surface area contributed by atoms with E-state index in [1.54, 1.807) is 48.5 Å². The number of aromatic nitrogens is 2. The summed E-state index contributed by atoms with van der Waals surface area (Å²) in [7, 11) is -4.46. The molecule has 2 aliphatic heterocycles. The van der Waals surface area contributed by atoms with Crippen LogP contribution in [0, 0.1) is 10.4 Å². The molecule has 0 amide bonds. The number of hydrogen-bond acceptors (Lipinski definition) is 7. The summed E-state index contributed by atoms with van der Waals surface area (Å²) in [5.74, 6) is 0.0475. The maximum atomic E-state index is 12.5. The first kappa shape index (κ1) is 16.1. The van der Waals surface area contributed by atoms with Crippen molar-refractivity contribution in [3.8, 4) is 17.0 Å². The van der Waals surface area contributed by atoms with Crippen molar-refractivity contribution in [3.63, 3.8) is 0 Å². The van der Waals surface area contributed by atoms with Gasteiger partial charge in [-0.25, -0.2) is 4.98 Å². The van der Waals surface area contributed by atoms with Crippen LogP contribution in [0.2, 0.25) is 0 Å². The van der Waals surface area contributed by atoms with E-state index in [0.717, 1.165) is 0 Å². The Morgan fingerprint density at radius 1 is 0.731 bits per heavy atom. The van der Waals surface area contributed by atoms with Crippen LogP contribution in [0.25, 0.3) is 11.3 Å². The van der Waals surface area contributed by atoms with Crippen LogP contribution in [0.1, 0.15) is 0 Å². The molecule has 0 aromatic heterocycles. The van der Waals surface area contributed by atoms with Crippen LogP contribution in [0.3, 0.4) is 0 Å². The van der Waals surface area contributed by atoms with Crippen molar-refractivity contribution >= 4 is 10.1 Å². The zero-order valence-electron chi connectivity index (χ0n) is 13.1. The average Bonchev–Trinajstić information content (AvgIpc) is 3.16. The van der Waals surface area contributed by atoms with E-state index in [4.69, 9.17) is 4.18 Å². The van der Waals surface area contributed by atoms with Crippen molar-refractivity contribution in [1.82, 2.24) is 9.97 Å². The monoisotopic (exact) mass is 366 g/mol. The molecule has 0 spiro atoms. The van der Waals surface area contributed by atoms with Crippen LogP contribution in [-0.2, 0) is 10.1 Å². The van der Waals surface area contributed by atoms with Gasteiger partial charge in [0.2, 0.25) is 5.03 Å². The summed E-state index contributed by atoms with van der Waals surface area (Å²) in [4.78, 5) is 32.0. The number of rotatable bonds is 4. The molecule has 128 valence electrons. The Morgan fingerprint density at radius 3 is 1.96 bits per heavy atom. The van der Waals surface area contributed by atoms with Gasteiger partial charge >= 0.3 is 10.1 Å². The predicted octanol–water partition coefficient (Wildman–Crippen LogP) is 1.23. The first-order valence-electron chi connectivity index (χ1n) is 7.53. The molecule has 0 N–H and O–H groups in total. The lowest BCUT2D eigenvalue weighted by Crippen LogP contribution is -2.15. The van der Waals surface area contributed by atoms with Crippen LogP contribution >= 0.6 is 0 Å². The van der Waals surface area contributed by atoms with Crippen molar-refractivity contribution in [2.75, 3.05) is 0 Å². The molecule has 8 heteroatoms. The smallest absolute Gasteiger partial charge is 0.357 e. The molecule has 2 aliphatic rings. The molecule has 0 aliphatic carbocycles. The van der Waals surface area contributed by atoms with Crippen molar-refractivity contribution < 1.29 is 12.6 Å². The van der Waals surface area contributed by atoms with Crippen molar-refractivity contribution in [2.24, 2.45) is 0 Å². The largest absolute Gasteiger partial charge is 0.378 e. The van der Waals surface area contributed by atoms with Gasteiger partial charge in [0.05, 0.1) is 16.1 Å². The van der Waals surface area contributed by atoms with Crippen molar-refractivity contribution in [1.29, 1.82) is 0 Å². The molecule has 2 aromatic carbocycles. The fourth-order valence-electron chi connectivity index (χ4n) is 2.68. The van der Waals surface area contributed by atoms with Crippen molar-refractivity contribution in [2.45, 2.75) is 5.03 Å². The standard InChI is InChI=1S/C18H10N2O5S/c21-16-13-14(17(22)19-15(13)11-7-3-1-4-8-11)18(20-16)26(23,24)25-12-9-5-2-6-10-12/h1-10H. The topological polar surface area (TPSA) is 103 Å². The third-order valence-electron chi connectivity index (χ3n) is 3.78. The van der Waals surface area contributed by atoms with Gasteiger partial charge in [-0.1, -0.05) is 48.5 Å². The molecule has 0 unspecified atom stereocenters. The Bertz CT molecular complexity index is 1340. The number of hydrogen-bond donors (Lipinski definition) is 0. The highest BCUT2D eigenvalue weighted by Gasteiger charge is 2.28. The minimum Gasteiger partial charge on any atom is -0.378 e. The third-order valence-corrected chi connectivity index (χ3v) is 4.96. The van der Waals surface area contributed by atoms with E-state index >= 15 is 0 Å². The first-order valence-corrected chi connectivity index (χ1v) is 8.94.